The first-order valence-electron chi connectivity index (χ1n) is 7.70. The third-order valence-electron chi connectivity index (χ3n) is 3.79. The molecule has 4 rings (SSSR count). The highest BCUT2D eigenvalue weighted by molar-refractivity contribution is 7.20. The quantitative estimate of drug-likeness (QED) is 0.583. The summed E-state index contributed by atoms with van der Waals surface area (Å²) in [7, 11) is 1.65. The second-order valence-electron chi connectivity index (χ2n) is 5.47. The van der Waals surface area contributed by atoms with Crippen molar-refractivity contribution in [1.29, 1.82) is 0 Å². The number of hydrogen-bond acceptors (Lipinski definition) is 5. The van der Waals surface area contributed by atoms with Crippen LogP contribution < -0.4 is 10.1 Å². The van der Waals surface area contributed by atoms with Gasteiger partial charge in [-0.3, -0.25) is 0 Å². The number of fused-ring (bicyclic) bond motifs is 1. The molecule has 0 aliphatic rings. The Morgan fingerprint density at radius 2 is 1.88 bits per heavy atom. The van der Waals surface area contributed by atoms with Crippen molar-refractivity contribution in [1.82, 2.24) is 14.6 Å². The molecule has 0 atom stereocenters. The summed E-state index contributed by atoms with van der Waals surface area (Å²) >= 11 is 1.47. The van der Waals surface area contributed by atoms with Gasteiger partial charge in [0.25, 0.3) is 0 Å². The molecule has 5 nitrogen and oxygen atoms in total. The Morgan fingerprint density at radius 3 is 2.56 bits per heavy atom. The van der Waals surface area contributed by atoms with Crippen molar-refractivity contribution in [3.63, 3.8) is 0 Å². The first-order valence-corrected chi connectivity index (χ1v) is 8.52. The number of nitrogens with zero attached hydrogens (tertiary/aromatic N) is 3. The van der Waals surface area contributed by atoms with Gasteiger partial charge in [-0.15, -0.1) is 5.10 Å². The maximum absolute atomic E-state index is 13.0. The fourth-order valence-corrected chi connectivity index (χ4v) is 3.23. The Kier molecular flexibility index (Phi) is 4.07. The highest BCUT2D eigenvalue weighted by Crippen LogP contribution is 2.25. The van der Waals surface area contributed by atoms with Crippen LogP contribution in [0.25, 0.3) is 16.2 Å². The molecule has 2 aromatic heterocycles. The molecule has 126 valence electrons. The van der Waals surface area contributed by atoms with Crippen LogP contribution in [0.15, 0.2) is 54.7 Å². The average molecular weight is 354 g/mol. The van der Waals surface area contributed by atoms with Crippen LogP contribution in [0.4, 0.5) is 9.52 Å². The first-order chi connectivity index (χ1) is 12.2. The van der Waals surface area contributed by atoms with Gasteiger partial charge >= 0.3 is 0 Å². The van der Waals surface area contributed by atoms with E-state index in [1.54, 1.807) is 23.8 Å². The van der Waals surface area contributed by atoms with Gasteiger partial charge in [-0.1, -0.05) is 23.5 Å². The summed E-state index contributed by atoms with van der Waals surface area (Å²) in [5, 5.41) is 8.58. The minimum atomic E-state index is -0.257. The van der Waals surface area contributed by atoms with Gasteiger partial charge in [-0.05, 0) is 42.0 Å². The summed E-state index contributed by atoms with van der Waals surface area (Å²) in [5.74, 6) is 0.581. The van der Waals surface area contributed by atoms with Gasteiger partial charge in [0.05, 0.1) is 19.0 Å². The predicted molar refractivity (Wildman–Crippen MR) is 96.6 cm³/mol. The van der Waals surface area contributed by atoms with E-state index in [0.717, 1.165) is 32.7 Å². The van der Waals surface area contributed by atoms with Gasteiger partial charge in [-0.25, -0.2) is 13.9 Å². The van der Waals surface area contributed by atoms with E-state index >= 15 is 0 Å². The number of anilines is 1. The molecule has 7 heteroatoms. The SMILES string of the molecule is COc1ccc(CNc2nn3cc(-c4ccc(F)cc4)nc3s2)cc1. The topological polar surface area (TPSA) is 51.5 Å². The third-order valence-corrected chi connectivity index (χ3v) is 4.67. The zero-order valence-corrected chi connectivity index (χ0v) is 14.3. The number of halogens is 1. The maximum atomic E-state index is 13.0. The predicted octanol–water partition coefficient (Wildman–Crippen LogP) is 4.22. The van der Waals surface area contributed by atoms with Crippen LogP contribution in [-0.4, -0.2) is 21.7 Å². The Balaban J connectivity index is 1.48. The van der Waals surface area contributed by atoms with Crippen molar-refractivity contribution in [3.8, 4) is 17.0 Å². The fraction of sp³-hybridized carbons (Fsp3) is 0.111. The smallest absolute Gasteiger partial charge is 0.214 e. The molecular formula is C18H15FN4OS. The van der Waals surface area contributed by atoms with Crippen molar-refractivity contribution in [2.45, 2.75) is 6.54 Å². The Bertz CT molecular complexity index is 961. The lowest BCUT2D eigenvalue weighted by Gasteiger charge is -2.04. The summed E-state index contributed by atoms with van der Waals surface area (Å²) in [6, 6.07) is 14.2. The van der Waals surface area contributed by atoms with Crippen LogP contribution in [-0.2, 0) is 6.54 Å². The molecule has 0 aliphatic carbocycles. The molecule has 0 radical (unpaired) electrons. The maximum Gasteiger partial charge on any atom is 0.214 e. The third kappa shape index (κ3) is 3.32. The van der Waals surface area contributed by atoms with Crippen LogP contribution in [0.1, 0.15) is 5.56 Å². The van der Waals surface area contributed by atoms with E-state index in [9.17, 15) is 4.39 Å². The summed E-state index contributed by atoms with van der Waals surface area (Å²) < 4.78 is 19.9. The van der Waals surface area contributed by atoms with Crippen molar-refractivity contribution in [2.24, 2.45) is 0 Å². The van der Waals surface area contributed by atoms with E-state index in [4.69, 9.17) is 4.74 Å². The number of ether oxygens (including phenoxy) is 1. The van der Waals surface area contributed by atoms with Crippen LogP contribution in [0, 0.1) is 5.82 Å². The highest BCUT2D eigenvalue weighted by Gasteiger charge is 2.09. The minimum absolute atomic E-state index is 0.257. The molecule has 0 aliphatic heterocycles. The largest absolute Gasteiger partial charge is 0.497 e. The molecule has 0 amide bonds. The molecule has 1 N–H and O–H groups in total. The van der Waals surface area contributed by atoms with E-state index in [0.29, 0.717) is 6.54 Å². The van der Waals surface area contributed by atoms with Gasteiger partial charge in [0.15, 0.2) is 0 Å². The number of benzene rings is 2. The Morgan fingerprint density at radius 1 is 1.12 bits per heavy atom. The molecule has 2 heterocycles. The normalized spacial score (nSPS) is 11.0. The van der Waals surface area contributed by atoms with Gasteiger partial charge < -0.3 is 10.1 Å². The highest BCUT2D eigenvalue weighted by atomic mass is 32.1. The monoisotopic (exact) mass is 354 g/mol. The lowest BCUT2D eigenvalue weighted by Crippen LogP contribution is -1.99. The number of aromatic nitrogens is 3. The molecule has 0 bridgehead atoms. The van der Waals surface area contributed by atoms with E-state index in [1.165, 1.54) is 23.5 Å². The number of rotatable bonds is 5. The average Bonchev–Trinajstić information content (AvgIpc) is 3.20. The molecular weight excluding hydrogens is 339 g/mol. The molecule has 2 aromatic carbocycles. The summed E-state index contributed by atoms with van der Waals surface area (Å²) in [4.78, 5) is 5.34. The number of hydrogen-bond donors (Lipinski definition) is 1. The molecule has 0 saturated heterocycles. The first kappa shape index (κ1) is 15.6. The minimum Gasteiger partial charge on any atom is -0.497 e. The van der Waals surface area contributed by atoms with Crippen molar-refractivity contribution < 1.29 is 9.13 Å². The number of methoxy groups -OCH3 is 1. The molecule has 0 spiro atoms. The van der Waals surface area contributed by atoms with E-state index in [-0.39, 0.29) is 5.82 Å². The summed E-state index contributed by atoms with van der Waals surface area (Å²) in [5.41, 5.74) is 2.79. The van der Waals surface area contributed by atoms with Gasteiger partial charge in [0.1, 0.15) is 11.6 Å². The van der Waals surface area contributed by atoms with Crippen LogP contribution in [0.2, 0.25) is 0 Å². The summed E-state index contributed by atoms with van der Waals surface area (Å²) in [6.45, 7) is 0.672. The van der Waals surface area contributed by atoms with Gasteiger partial charge in [0, 0.05) is 12.1 Å². The second kappa shape index (κ2) is 6.52. The zero-order chi connectivity index (χ0) is 17.2. The lowest BCUT2D eigenvalue weighted by atomic mass is 10.2. The summed E-state index contributed by atoms with van der Waals surface area (Å²) in [6.07, 6.45) is 1.84. The molecule has 0 unspecified atom stereocenters. The molecule has 4 aromatic rings. The lowest BCUT2D eigenvalue weighted by molar-refractivity contribution is 0.414. The zero-order valence-electron chi connectivity index (χ0n) is 13.4. The molecule has 25 heavy (non-hydrogen) atoms. The number of nitrogens with one attached hydrogen (secondary N) is 1. The Hall–Kier alpha value is -2.93. The number of imidazole rings is 1. The second-order valence-corrected chi connectivity index (χ2v) is 6.42. The van der Waals surface area contributed by atoms with E-state index < -0.39 is 0 Å². The van der Waals surface area contributed by atoms with Gasteiger partial charge in [-0.2, -0.15) is 0 Å². The van der Waals surface area contributed by atoms with Gasteiger partial charge in [0.2, 0.25) is 10.1 Å². The molecule has 0 saturated carbocycles. The molecule has 0 fully saturated rings. The fourth-order valence-electron chi connectivity index (χ4n) is 2.45. The van der Waals surface area contributed by atoms with E-state index in [2.05, 4.69) is 15.4 Å². The van der Waals surface area contributed by atoms with Crippen LogP contribution >= 0.6 is 11.3 Å². The van der Waals surface area contributed by atoms with E-state index in [1.807, 2.05) is 30.5 Å². The van der Waals surface area contributed by atoms with Crippen molar-refractivity contribution in [3.05, 3.63) is 66.1 Å². The van der Waals surface area contributed by atoms with Crippen molar-refractivity contribution in [2.75, 3.05) is 12.4 Å². The van der Waals surface area contributed by atoms with Crippen LogP contribution in [0.5, 0.6) is 5.75 Å². The van der Waals surface area contributed by atoms with Crippen molar-refractivity contribution >= 4 is 21.4 Å². The van der Waals surface area contributed by atoms with Crippen LogP contribution in [0.3, 0.4) is 0 Å². The standard InChI is InChI=1S/C18H15FN4OS/c1-24-15-8-2-12(3-9-15)10-20-17-22-23-11-16(21-18(23)25-17)13-4-6-14(19)7-5-13/h2-9,11H,10H2,1H3,(H,20,22). The Labute approximate surface area is 147 Å².